The summed E-state index contributed by atoms with van der Waals surface area (Å²) >= 11 is 0. The van der Waals surface area contributed by atoms with E-state index in [1.807, 2.05) is 12.2 Å². The predicted molar refractivity (Wildman–Crippen MR) is 47.4 cm³/mol. The summed E-state index contributed by atoms with van der Waals surface area (Å²) in [5.41, 5.74) is 0. The fourth-order valence-electron chi connectivity index (χ4n) is 1.32. The number of hydrogen-bond acceptors (Lipinski definition) is 2. The van der Waals surface area contributed by atoms with Gasteiger partial charge in [-0.15, -0.1) is 6.58 Å². The fraction of sp³-hybridized carbons (Fsp3) is 0.500. The monoisotopic (exact) mass is 166 g/mol. The zero-order valence-electron chi connectivity index (χ0n) is 7.38. The first kappa shape index (κ1) is 9.04. The van der Waals surface area contributed by atoms with Crippen LogP contribution in [0.5, 0.6) is 0 Å². The average molecular weight is 166 g/mol. The van der Waals surface area contributed by atoms with E-state index >= 15 is 0 Å². The van der Waals surface area contributed by atoms with Crippen LogP contribution in [0, 0.1) is 5.92 Å². The Morgan fingerprint density at radius 3 is 3.00 bits per heavy atom. The average Bonchev–Trinajstić information content (AvgIpc) is 2.05. The van der Waals surface area contributed by atoms with Crippen LogP contribution in [0.2, 0.25) is 0 Å². The third-order valence-corrected chi connectivity index (χ3v) is 2.02. The van der Waals surface area contributed by atoms with E-state index in [0.717, 1.165) is 25.0 Å². The second-order valence-electron chi connectivity index (χ2n) is 3.03. The number of carbonyl (C=O) groups is 1. The summed E-state index contributed by atoms with van der Waals surface area (Å²) in [6, 6.07) is 0. The van der Waals surface area contributed by atoms with Crippen LogP contribution in [-0.4, -0.2) is 5.97 Å². The van der Waals surface area contributed by atoms with Gasteiger partial charge in [-0.2, -0.15) is 0 Å². The number of esters is 1. The van der Waals surface area contributed by atoms with Crippen molar-refractivity contribution in [1.82, 2.24) is 0 Å². The van der Waals surface area contributed by atoms with Gasteiger partial charge in [-0.1, -0.05) is 6.08 Å². The van der Waals surface area contributed by atoms with Gasteiger partial charge >= 0.3 is 5.97 Å². The molecule has 0 aromatic heterocycles. The topological polar surface area (TPSA) is 26.3 Å². The van der Waals surface area contributed by atoms with Crippen molar-refractivity contribution in [3.05, 3.63) is 24.5 Å². The highest BCUT2D eigenvalue weighted by Gasteiger charge is 2.12. The van der Waals surface area contributed by atoms with Gasteiger partial charge in [0.2, 0.25) is 0 Å². The molecule has 0 fully saturated rings. The molecule has 12 heavy (non-hydrogen) atoms. The summed E-state index contributed by atoms with van der Waals surface area (Å²) in [7, 11) is 0. The van der Waals surface area contributed by atoms with Crippen LogP contribution in [0.25, 0.3) is 0 Å². The van der Waals surface area contributed by atoms with Gasteiger partial charge in [-0.25, -0.2) is 0 Å². The van der Waals surface area contributed by atoms with Crippen LogP contribution in [0.3, 0.4) is 0 Å². The lowest BCUT2D eigenvalue weighted by Gasteiger charge is -2.17. The van der Waals surface area contributed by atoms with Crippen molar-refractivity contribution in [2.24, 2.45) is 5.92 Å². The molecular weight excluding hydrogens is 152 g/mol. The molecule has 1 aliphatic carbocycles. The first-order valence-electron chi connectivity index (χ1n) is 4.22. The van der Waals surface area contributed by atoms with Crippen LogP contribution in [0.1, 0.15) is 26.2 Å². The maximum absolute atomic E-state index is 10.6. The van der Waals surface area contributed by atoms with E-state index in [9.17, 15) is 4.79 Å². The van der Waals surface area contributed by atoms with Crippen LogP contribution in [-0.2, 0) is 9.53 Å². The standard InChI is InChI=1S/C10H14O2/c1-3-9-4-6-10(7-5-9)12-8(2)11/h3,6,9H,1,4-5,7H2,2H3. The first-order valence-corrected chi connectivity index (χ1v) is 4.22. The molecule has 0 radical (unpaired) electrons. The van der Waals surface area contributed by atoms with Gasteiger partial charge in [-0.3, -0.25) is 4.79 Å². The van der Waals surface area contributed by atoms with Gasteiger partial charge in [-0.05, 0) is 24.8 Å². The molecule has 0 aromatic carbocycles. The Morgan fingerprint density at radius 2 is 2.58 bits per heavy atom. The van der Waals surface area contributed by atoms with E-state index in [1.165, 1.54) is 6.92 Å². The number of hydrogen-bond donors (Lipinski definition) is 0. The molecule has 1 aliphatic rings. The molecule has 0 saturated heterocycles. The molecule has 0 saturated carbocycles. The number of allylic oxidation sites excluding steroid dienone is 3. The Balaban J connectivity index is 2.44. The summed E-state index contributed by atoms with van der Waals surface area (Å²) in [5.74, 6) is 1.16. The van der Waals surface area contributed by atoms with Crippen LogP contribution >= 0.6 is 0 Å². The normalized spacial score (nSPS) is 22.8. The summed E-state index contributed by atoms with van der Waals surface area (Å²) < 4.78 is 4.97. The summed E-state index contributed by atoms with van der Waals surface area (Å²) in [4.78, 5) is 10.6. The lowest BCUT2D eigenvalue weighted by molar-refractivity contribution is -0.137. The molecule has 1 unspecified atom stereocenters. The number of carbonyl (C=O) groups excluding carboxylic acids is 1. The molecule has 0 aliphatic heterocycles. The fourth-order valence-corrected chi connectivity index (χ4v) is 1.32. The number of rotatable bonds is 2. The van der Waals surface area contributed by atoms with Crippen molar-refractivity contribution in [2.45, 2.75) is 26.2 Å². The van der Waals surface area contributed by atoms with Crippen LogP contribution < -0.4 is 0 Å². The molecule has 0 N–H and O–H groups in total. The SMILES string of the molecule is C=CC1CC=C(OC(C)=O)CC1. The van der Waals surface area contributed by atoms with E-state index in [1.54, 1.807) is 0 Å². The minimum atomic E-state index is -0.224. The first-order chi connectivity index (χ1) is 5.72. The lowest BCUT2D eigenvalue weighted by Crippen LogP contribution is -2.07. The Kier molecular flexibility index (Phi) is 3.09. The Morgan fingerprint density at radius 1 is 1.83 bits per heavy atom. The summed E-state index contributed by atoms with van der Waals surface area (Å²) in [6.07, 6.45) is 6.79. The quantitative estimate of drug-likeness (QED) is 0.465. The van der Waals surface area contributed by atoms with Crippen molar-refractivity contribution < 1.29 is 9.53 Å². The Bertz CT molecular complexity index is 216. The molecule has 0 amide bonds. The highest BCUT2D eigenvalue weighted by molar-refractivity contribution is 5.67. The van der Waals surface area contributed by atoms with E-state index in [2.05, 4.69) is 6.58 Å². The second-order valence-corrected chi connectivity index (χ2v) is 3.03. The van der Waals surface area contributed by atoms with Crippen LogP contribution in [0.15, 0.2) is 24.5 Å². The van der Waals surface area contributed by atoms with E-state index < -0.39 is 0 Å². The zero-order valence-corrected chi connectivity index (χ0v) is 7.38. The van der Waals surface area contributed by atoms with Gasteiger partial charge in [0.25, 0.3) is 0 Å². The molecule has 0 heterocycles. The molecule has 1 atom stereocenters. The van der Waals surface area contributed by atoms with Crippen molar-refractivity contribution in [3.63, 3.8) is 0 Å². The van der Waals surface area contributed by atoms with Gasteiger partial charge in [0.05, 0.1) is 0 Å². The molecule has 2 nitrogen and oxygen atoms in total. The second kappa shape index (κ2) is 4.10. The minimum absolute atomic E-state index is 0.224. The van der Waals surface area contributed by atoms with Crippen molar-refractivity contribution >= 4 is 5.97 Å². The Labute approximate surface area is 72.9 Å². The third kappa shape index (κ3) is 2.53. The third-order valence-electron chi connectivity index (χ3n) is 2.02. The van der Waals surface area contributed by atoms with Crippen molar-refractivity contribution in [3.8, 4) is 0 Å². The zero-order chi connectivity index (χ0) is 8.97. The number of ether oxygens (including phenoxy) is 1. The van der Waals surface area contributed by atoms with E-state index in [0.29, 0.717) is 5.92 Å². The molecule has 2 heteroatoms. The van der Waals surface area contributed by atoms with Crippen molar-refractivity contribution in [1.29, 1.82) is 0 Å². The Hall–Kier alpha value is -1.05. The molecule has 0 bridgehead atoms. The minimum Gasteiger partial charge on any atom is -0.432 e. The lowest BCUT2D eigenvalue weighted by atomic mass is 9.94. The van der Waals surface area contributed by atoms with E-state index in [-0.39, 0.29) is 5.97 Å². The van der Waals surface area contributed by atoms with Gasteiger partial charge < -0.3 is 4.74 Å². The maximum atomic E-state index is 10.6. The van der Waals surface area contributed by atoms with Gasteiger partial charge in [0.15, 0.2) is 0 Å². The van der Waals surface area contributed by atoms with E-state index in [4.69, 9.17) is 4.74 Å². The molecular formula is C10H14O2. The highest BCUT2D eigenvalue weighted by atomic mass is 16.5. The van der Waals surface area contributed by atoms with Crippen LogP contribution in [0.4, 0.5) is 0 Å². The summed E-state index contributed by atoms with van der Waals surface area (Å²) in [6.45, 7) is 5.16. The highest BCUT2D eigenvalue weighted by Crippen LogP contribution is 2.24. The van der Waals surface area contributed by atoms with Crippen molar-refractivity contribution in [2.75, 3.05) is 0 Å². The smallest absolute Gasteiger partial charge is 0.307 e. The predicted octanol–water partition coefficient (Wildman–Crippen LogP) is 2.42. The van der Waals surface area contributed by atoms with Gasteiger partial charge in [0, 0.05) is 13.3 Å². The molecule has 1 rings (SSSR count). The molecule has 0 aromatic rings. The largest absolute Gasteiger partial charge is 0.432 e. The molecule has 0 spiro atoms. The molecule has 66 valence electrons. The summed E-state index contributed by atoms with van der Waals surface area (Å²) in [5, 5.41) is 0. The maximum Gasteiger partial charge on any atom is 0.307 e. The van der Waals surface area contributed by atoms with Gasteiger partial charge in [0.1, 0.15) is 5.76 Å².